The molecule has 1 aliphatic heterocycles. The van der Waals surface area contributed by atoms with Gasteiger partial charge in [-0.1, -0.05) is 6.08 Å². The minimum absolute atomic E-state index is 0.289. The normalized spacial score (nSPS) is 40.1. The molecule has 0 radical (unpaired) electrons. The van der Waals surface area contributed by atoms with Crippen molar-refractivity contribution in [3.05, 3.63) is 12.2 Å². The molecule has 4 nitrogen and oxygen atoms in total. The summed E-state index contributed by atoms with van der Waals surface area (Å²) in [5, 5.41) is 26.4. The van der Waals surface area contributed by atoms with Gasteiger partial charge in [-0.3, -0.25) is 0 Å². The molecule has 0 aliphatic carbocycles. The van der Waals surface area contributed by atoms with E-state index in [9.17, 15) is 0 Å². The summed E-state index contributed by atoms with van der Waals surface area (Å²) >= 11 is 0. The Bertz CT molecular complexity index is 134. The molecule has 10 heavy (non-hydrogen) atoms. The monoisotopic (exact) mass is 146 g/mol. The topological polar surface area (TPSA) is 69.9 Å². The third-order valence-corrected chi connectivity index (χ3v) is 1.35. The van der Waals surface area contributed by atoms with Gasteiger partial charge < -0.3 is 20.1 Å². The molecule has 0 saturated carbocycles. The highest BCUT2D eigenvalue weighted by molar-refractivity contribution is 4.98. The molecule has 58 valence electrons. The number of hydrogen-bond acceptors (Lipinski definition) is 4. The van der Waals surface area contributed by atoms with Crippen LogP contribution in [0.5, 0.6) is 0 Å². The summed E-state index contributed by atoms with van der Waals surface area (Å²) in [6, 6.07) is 0. The Labute approximate surface area is 58.4 Å². The van der Waals surface area contributed by atoms with Crippen molar-refractivity contribution in [3.8, 4) is 0 Å². The molecule has 1 heterocycles. The van der Waals surface area contributed by atoms with Crippen LogP contribution in [0.15, 0.2) is 12.2 Å². The van der Waals surface area contributed by atoms with Gasteiger partial charge in [-0.25, -0.2) is 0 Å². The lowest BCUT2D eigenvalue weighted by Crippen LogP contribution is -2.37. The summed E-state index contributed by atoms with van der Waals surface area (Å²) in [6.45, 7) is -0.289. The van der Waals surface area contributed by atoms with E-state index < -0.39 is 18.5 Å². The lowest BCUT2D eigenvalue weighted by Gasteiger charge is -2.24. The molecule has 0 spiro atoms. The largest absolute Gasteiger partial charge is 0.394 e. The summed E-state index contributed by atoms with van der Waals surface area (Å²) in [6.07, 6.45) is 0.222. The van der Waals surface area contributed by atoms with Crippen LogP contribution in [0, 0.1) is 0 Å². The van der Waals surface area contributed by atoms with E-state index in [1.165, 1.54) is 12.2 Å². The molecular formula is C6H10O4. The average Bonchev–Trinajstić information content (AvgIpc) is 1.94. The van der Waals surface area contributed by atoms with Crippen molar-refractivity contribution in [2.75, 3.05) is 6.61 Å². The minimum Gasteiger partial charge on any atom is -0.394 e. The molecule has 0 amide bonds. The third-order valence-electron chi connectivity index (χ3n) is 1.35. The fourth-order valence-electron chi connectivity index (χ4n) is 0.789. The number of ether oxygens (including phenoxy) is 1. The van der Waals surface area contributed by atoms with E-state index >= 15 is 0 Å². The molecule has 4 heteroatoms. The van der Waals surface area contributed by atoms with E-state index in [0.29, 0.717) is 0 Å². The van der Waals surface area contributed by atoms with Crippen LogP contribution in [-0.4, -0.2) is 40.4 Å². The van der Waals surface area contributed by atoms with Crippen molar-refractivity contribution in [2.24, 2.45) is 0 Å². The second-order valence-corrected chi connectivity index (χ2v) is 2.12. The zero-order chi connectivity index (χ0) is 7.56. The molecule has 1 aliphatic rings. The zero-order valence-corrected chi connectivity index (χ0v) is 5.34. The quantitative estimate of drug-likeness (QED) is 0.398. The van der Waals surface area contributed by atoms with Crippen molar-refractivity contribution in [1.29, 1.82) is 0 Å². The molecule has 0 aromatic carbocycles. The van der Waals surface area contributed by atoms with Gasteiger partial charge in [0, 0.05) is 0 Å². The molecule has 1 rings (SSSR count). The van der Waals surface area contributed by atoms with Gasteiger partial charge in [-0.05, 0) is 6.08 Å². The number of hydrogen-bond donors (Lipinski definition) is 3. The van der Waals surface area contributed by atoms with Gasteiger partial charge in [0.15, 0.2) is 6.29 Å². The Morgan fingerprint density at radius 3 is 2.50 bits per heavy atom. The van der Waals surface area contributed by atoms with Crippen molar-refractivity contribution >= 4 is 0 Å². The van der Waals surface area contributed by atoms with Crippen LogP contribution in [0.3, 0.4) is 0 Å². The Hall–Kier alpha value is -0.420. The average molecular weight is 146 g/mol. The van der Waals surface area contributed by atoms with Crippen molar-refractivity contribution in [2.45, 2.75) is 18.5 Å². The van der Waals surface area contributed by atoms with Crippen LogP contribution in [0.1, 0.15) is 0 Å². The number of aliphatic hydroxyl groups excluding tert-OH is 3. The summed E-state index contributed by atoms with van der Waals surface area (Å²) in [5.41, 5.74) is 0. The van der Waals surface area contributed by atoms with E-state index in [1.807, 2.05) is 0 Å². The molecule has 0 fully saturated rings. The SMILES string of the molecule is OC[C@H]1O[C@H](O)C=C[C@@H]1O. The van der Waals surface area contributed by atoms with Gasteiger partial charge in [0.25, 0.3) is 0 Å². The Morgan fingerprint density at radius 2 is 2.00 bits per heavy atom. The van der Waals surface area contributed by atoms with Crippen LogP contribution in [0.25, 0.3) is 0 Å². The van der Waals surface area contributed by atoms with Crippen LogP contribution in [0.4, 0.5) is 0 Å². The lowest BCUT2D eigenvalue weighted by atomic mass is 10.1. The summed E-state index contributed by atoms with van der Waals surface area (Å²) < 4.78 is 4.72. The van der Waals surface area contributed by atoms with Gasteiger partial charge in [0.05, 0.1) is 6.61 Å². The van der Waals surface area contributed by atoms with Gasteiger partial charge in [-0.15, -0.1) is 0 Å². The Kier molecular flexibility index (Phi) is 2.39. The fourth-order valence-corrected chi connectivity index (χ4v) is 0.789. The molecular weight excluding hydrogens is 136 g/mol. The first-order chi connectivity index (χ1) is 4.74. The molecule has 0 aromatic rings. The first-order valence-corrected chi connectivity index (χ1v) is 3.05. The summed E-state index contributed by atoms with van der Waals surface area (Å²) in [5.74, 6) is 0. The summed E-state index contributed by atoms with van der Waals surface area (Å²) in [7, 11) is 0. The Morgan fingerprint density at radius 1 is 1.30 bits per heavy atom. The molecule has 0 saturated heterocycles. The molecule has 3 N–H and O–H groups in total. The fraction of sp³-hybridized carbons (Fsp3) is 0.667. The van der Waals surface area contributed by atoms with Gasteiger partial charge in [0.1, 0.15) is 12.2 Å². The zero-order valence-electron chi connectivity index (χ0n) is 5.34. The Balaban J connectivity index is 2.53. The molecule has 0 bridgehead atoms. The maximum atomic E-state index is 9.00. The van der Waals surface area contributed by atoms with E-state index in [4.69, 9.17) is 20.1 Å². The van der Waals surface area contributed by atoms with Crippen LogP contribution in [0.2, 0.25) is 0 Å². The lowest BCUT2D eigenvalue weighted by molar-refractivity contribution is -0.154. The third kappa shape index (κ3) is 1.54. The molecule has 0 aromatic heterocycles. The second-order valence-electron chi connectivity index (χ2n) is 2.12. The maximum Gasteiger partial charge on any atom is 0.174 e. The predicted molar refractivity (Wildman–Crippen MR) is 33.1 cm³/mol. The van der Waals surface area contributed by atoms with E-state index in [-0.39, 0.29) is 6.61 Å². The summed E-state index contributed by atoms with van der Waals surface area (Å²) in [4.78, 5) is 0. The maximum absolute atomic E-state index is 9.00. The van der Waals surface area contributed by atoms with Crippen LogP contribution in [-0.2, 0) is 4.74 Å². The molecule has 0 unspecified atom stereocenters. The number of rotatable bonds is 1. The van der Waals surface area contributed by atoms with Crippen molar-refractivity contribution < 1.29 is 20.1 Å². The predicted octanol–water partition coefficient (Wildman–Crippen LogP) is -1.39. The van der Waals surface area contributed by atoms with Gasteiger partial charge >= 0.3 is 0 Å². The van der Waals surface area contributed by atoms with Crippen LogP contribution < -0.4 is 0 Å². The first-order valence-electron chi connectivity index (χ1n) is 3.05. The number of aliphatic hydroxyl groups is 3. The van der Waals surface area contributed by atoms with Crippen molar-refractivity contribution in [3.63, 3.8) is 0 Å². The highest BCUT2D eigenvalue weighted by Crippen LogP contribution is 2.10. The van der Waals surface area contributed by atoms with E-state index in [0.717, 1.165) is 0 Å². The van der Waals surface area contributed by atoms with Crippen molar-refractivity contribution in [1.82, 2.24) is 0 Å². The second kappa shape index (κ2) is 3.12. The molecule has 3 atom stereocenters. The minimum atomic E-state index is -0.999. The van der Waals surface area contributed by atoms with Crippen LogP contribution >= 0.6 is 0 Å². The van der Waals surface area contributed by atoms with Gasteiger partial charge in [0.2, 0.25) is 0 Å². The van der Waals surface area contributed by atoms with Gasteiger partial charge in [-0.2, -0.15) is 0 Å². The first kappa shape index (κ1) is 7.68. The van der Waals surface area contributed by atoms with E-state index in [1.54, 1.807) is 0 Å². The standard InChI is InChI=1S/C6H10O4/c7-3-5-4(8)1-2-6(9)10-5/h1-2,4-9H,3H2/t4-,5+,6-/m0/s1. The highest BCUT2D eigenvalue weighted by atomic mass is 16.6. The smallest absolute Gasteiger partial charge is 0.174 e. The highest BCUT2D eigenvalue weighted by Gasteiger charge is 2.23. The van der Waals surface area contributed by atoms with E-state index in [2.05, 4.69) is 0 Å².